The molecule has 0 spiro atoms. The third kappa shape index (κ3) is 15.7. The fourth-order valence-electron chi connectivity index (χ4n) is 18.0. The minimum atomic E-state index is -2.04. The molecule has 0 bridgehead atoms. The Balaban J connectivity index is 1.16. The second-order valence-electron chi connectivity index (χ2n) is 40.7. The summed E-state index contributed by atoms with van der Waals surface area (Å²) in [4.78, 5) is 4.56. The summed E-state index contributed by atoms with van der Waals surface area (Å²) in [5, 5.41) is -0.479. The van der Waals surface area contributed by atoms with E-state index >= 15 is 0 Å². The highest BCUT2D eigenvalue weighted by Gasteiger charge is 2.47. The number of nitrogens with zero attached hydrogens (tertiary/aromatic N) is 4. The van der Waals surface area contributed by atoms with Crippen molar-refractivity contribution in [1.29, 1.82) is 0 Å². The highest BCUT2D eigenvalue weighted by atomic mass is 15.2. The molecule has 0 saturated carbocycles. The molecule has 17 rings (SSSR count). The Morgan fingerprint density at radius 2 is 0.573 bits per heavy atom. The van der Waals surface area contributed by atoms with Crippen molar-refractivity contribution in [2.75, 3.05) is 9.80 Å². The predicted octanol–water partition coefficient (Wildman–Crippen LogP) is 29.5. The monoisotopic (exact) mass is 1550 g/mol. The number of hydrogen-bond acceptors (Lipinski definition) is 2. The van der Waals surface area contributed by atoms with E-state index in [-0.39, 0.29) is 76.6 Å². The van der Waals surface area contributed by atoms with Crippen LogP contribution in [0.1, 0.15) is 212 Å². The van der Waals surface area contributed by atoms with E-state index in [0.717, 1.165) is 55.5 Å². The van der Waals surface area contributed by atoms with Gasteiger partial charge in [0.05, 0.1) is 55.4 Å². The van der Waals surface area contributed by atoms with Crippen molar-refractivity contribution in [3.63, 3.8) is 0 Å². The topological polar surface area (TPSA) is 16.3 Å². The van der Waals surface area contributed by atoms with Gasteiger partial charge in [-0.3, -0.25) is 0 Å². The van der Waals surface area contributed by atoms with Crippen molar-refractivity contribution < 1.29 is 27.4 Å². The van der Waals surface area contributed by atoms with E-state index in [0.29, 0.717) is 104 Å². The van der Waals surface area contributed by atoms with Gasteiger partial charge in [-0.25, -0.2) is 0 Å². The van der Waals surface area contributed by atoms with Crippen LogP contribution < -0.4 is 26.2 Å². The molecule has 590 valence electrons. The van der Waals surface area contributed by atoms with Gasteiger partial charge >= 0.3 is 0 Å². The number of para-hydroxylation sites is 4. The summed E-state index contributed by atoms with van der Waals surface area (Å²) in [6.45, 7) is 43.3. The van der Waals surface area contributed by atoms with E-state index in [1.165, 1.54) is 0 Å². The van der Waals surface area contributed by atoms with Gasteiger partial charge in [0.15, 0.2) is 0 Å². The van der Waals surface area contributed by atoms with Crippen LogP contribution in [0.4, 0.5) is 34.1 Å². The maximum atomic E-state index is 10.6. The first kappa shape index (κ1) is 58.1. The predicted molar refractivity (Wildman–Crippen MR) is 509 cm³/mol. The van der Waals surface area contributed by atoms with Gasteiger partial charge in [0, 0.05) is 83.4 Å². The van der Waals surface area contributed by atoms with Crippen LogP contribution >= 0.6 is 0 Å². The van der Waals surface area contributed by atoms with Gasteiger partial charge in [-0.05, 0) is 239 Å². The number of anilines is 6. The van der Waals surface area contributed by atoms with Gasteiger partial charge in [0.2, 0.25) is 0 Å². The van der Waals surface area contributed by atoms with Crippen LogP contribution in [-0.4, -0.2) is 15.8 Å². The smallest absolute Gasteiger partial charge is 0.252 e. The van der Waals surface area contributed by atoms with Crippen LogP contribution in [0.3, 0.4) is 0 Å². The largest absolute Gasteiger partial charge is 0.310 e. The summed E-state index contributed by atoms with van der Waals surface area (Å²) < 4.78 is 200. The Bertz CT molecular complexity index is 6870. The molecule has 2 aliphatic rings. The maximum Gasteiger partial charge on any atom is 0.252 e. The molecule has 4 heterocycles. The van der Waals surface area contributed by atoms with Gasteiger partial charge in [-0.1, -0.05) is 327 Å². The summed E-state index contributed by atoms with van der Waals surface area (Å²) >= 11 is 0. The number of fused-ring (bicyclic) bond motifs is 10. The van der Waals surface area contributed by atoms with Crippen molar-refractivity contribution in [2.24, 2.45) is 32.5 Å². The zero-order valence-corrected chi connectivity index (χ0v) is 71.9. The van der Waals surface area contributed by atoms with E-state index in [1.807, 2.05) is 102 Å². The normalized spacial score (nSPS) is 16.2. The molecule has 15 aromatic rings. The number of aromatic nitrogens is 2. The first-order chi connectivity index (χ1) is 63.5. The molecule has 0 N–H and O–H groups in total. The molecular weight excluding hydrogens is 1410 g/mol. The van der Waals surface area contributed by atoms with E-state index in [2.05, 4.69) is 223 Å². The Labute approximate surface area is 726 Å². The molecule has 0 amide bonds. The average molecular weight is 1550 g/mol. The molecule has 13 aromatic carbocycles. The molecule has 0 saturated heterocycles. The number of benzene rings is 13. The van der Waals surface area contributed by atoms with Crippen LogP contribution in [0.2, 0.25) is 0 Å². The summed E-state index contributed by atoms with van der Waals surface area (Å²) in [5.41, 5.74) is 13.0. The fourth-order valence-corrected chi connectivity index (χ4v) is 18.0. The lowest BCUT2D eigenvalue weighted by Crippen LogP contribution is -2.61. The second kappa shape index (κ2) is 29.0. The minimum Gasteiger partial charge on any atom is -0.310 e. The molecule has 0 fully saturated rings. The molecule has 0 radical (unpaired) electrons. The van der Waals surface area contributed by atoms with Crippen molar-refractivity contribution in [1.82, 2.24) is 9.13 Å². The lowest BCUT2D eigenvalue weighted by molar-refractivity contribution is 0.410. The Morgan fingerprint density at radius 3 is 0.838 bits per heavy atom. The first-order valence-electron chi connectivity index (χ1n) is 51.4. The highest BCUT2D eigenvalue weighted by Crippen LogP contribution is 2.56. The lowest BCUT2D eigenvalue weighted by atomic mass is 9.33. The summed E-state index contributed by atoms with van der Waals surface area (Å²) in [5.74, 6) is 0. The molecule has 4 nitrogen and oxygen atoms in total. The summed E-state index contributed by atoms with van der Waals surface area (Å²) in [6, 6.07) is 49.0. The third-order valence-corrected chi connectivity index (χ3v) is 22.1. The summed E-state index contributed by atoms with van der Waals surface area (Å²) in [6.07, 6.45) is -1.48. The van der Waals surface area contributed by atoms with Gasteiger partial charge in [-0.2, -0.15) is 0 Å². The van der Waals surface area contributed by atoms with Crippen molar-refractivity contribution in [3.8, 4) is 55.9 Å². The lowest BCUT2D eigenvalue weighted by Gasteiger charge is -2.46. The van der Waals surface area contributed by atoms with Gasteiger partial charge in [0.1, 0.15) is 0 Å². The Kier molecular flexibility index (Phi) is 14.4. The first-order valence-corrected chi connectivity index (χ1v) is 41.4. The quantitative estimate of drug-likeness (QED) is 0.101. The van der Waals surface area contributed by atoms with Crippen molar-refractivity contribution >= 4 is 101 Å². The van der Waals surface area contributed by atoms with Crippen molar-refractivity contribution in [2.45, 2.75) is 189 Å². The molecule has 2 aromatic heterocycles. The number of rotatable bonds is 14. The van der Waals surface area contributed by atoms with Crippen LogP contribution in [0, 0.1) is 32.5 Å². The van der Waals surface area contributed by atoms with Gasteiger partial charge in [-0.15, -0.1) is 0 Å². The zero-order chi connectivity index (χ0) is 99.9. The highest BCUT2D eigenvalue weighted by molar-refractivity contribution is 7.00. The van der Waals surface area contributed by atoms with E-state index < -0.39 is 132 Å². The van der Waals surface area contributed by atoms with Crippen molar-refractivity contribution in [3.05, 3.63) is 305 Å². The molecule has 117 heavy (non-hydrogen) atoms. The molecule has 0 aliphatic carbocycles. The SMILES string of the molecule is [2H]c1c([2H])c([2H])c2c(c1[2H])c1c([2H])c([2H])c([2H])c([2H])c1n2-c1ccc2c(c1)N(c1c(-c3cccc(CC(C)(C)C)c3)cc(C([2H])([2H])C(C)(C)C)cc1-c1cccc(CC(C)(C)C)c1)c1cc(C(C)(C)C)cc3c1B2c1ccc(-n2c4c([2H])c([2H])c([2H])c([2H])c4c4c([2H])c([2H])c([2H])c([2H])c42)cc1N3c1c(-c2cccc(CC(C)(C)C)c2)cc(C([2H])([2H])C(C)(C)C)cc1-c1cccc(CC(C)(C)C)c1. The molecule has 0 unspecified atom stereocenters. The molecule has 2 aliphatic heterocycles. The molecular formula is C112H119BN4. The van der Waals surface area contributed by atoms with E-state index in [1.54, 1.807) is 9.13 Å². The standard InChI is InChI=1S/C112H119BN4/c1-106(2,3)66-72-34-30-38-78(54-72)89-58-76(70-110(13,14)15)59-90(79-39-31-35-73(55-79)67-107(4,5)6)104(89)116-99-64-83(114-95-46-26-22-42-85(95)86-43-23-27-47-96(86)114)50-52-93(99)113-94-53-51-84(115-97-48-28-24-44-87(97)88-45-25-29-49-98(88)115)65-100(94)117(102-63-82(112(19,20)21)62-101(116)103(102)113)105-91(80-40-32-36-74(56-80)68-108(7,8)9)60-77(71-111(16,17)18)61-92(105)81-41-33-37-75(57-81)69-109(10,11)12/h22-65H,66-71H2,1-21H3/i22D,23D,24D,25D,26D,27D,28D,29D,42D,43D,44D,45D,46D,47D,48D,49D,70D2,71D2. The summed E-state index contributed by atoms with van der Waals surface area (Å²) in [7, 11) is 0. The zero-order valence-electron chi connectivity index (χ0n) is 91.9. The second-order valence-corrected chi connectivity index (χ2v) is 40.7. The fraction of sp³-hybridized carbons (Fsp3) is 0.304. The molecule has 5 heteroatoms. The number of hydrogen-bond donors (Lipinski definition) is 0. The van der Waals surface area contributed by atoms with Crippen LogP contribution in [0.5, 0.6) is 0 Å². The van der Waals surface area contributed by atoms with Crippen LogP contribution in [-0.2, 0) is 43.8 Å². The van der Waals surface area contributed by atoms with E-state index in [9.17, 15) is 27.4 Å². The molecule has 0 atom stereocenters. The van der Waals surface area contributed by atoms with E-state index in [4.69, 9.17) is 0 Å². The third-order valence-electron chi connectivity index (χ3n) is 22.1. The minimum absolute atomic E-state index is 0.105. The van der Waals surface area contributed by atoms with Gasteiger partial charge < -0.3 is 18.9 Å². The Morgan fingerprint density at radius 1 is 0.291 bits per heavy atom. The van der Waals surface area contributed by atoms with Crippen LogP contribution in [0.15, 0.2) is 267 Å². The van der Waals surface area contributed by atoms with Gasteiger partial charge in [0.25, 0.3) is 6.71 Å². The van der Waals surface area contributed by atoms with Crippen LogP contribution in [0.25, 0.3) is 99.5 Å². The average Bonchev–Trinajstić information content (AvgIpc) is 1.59. The Hall–Kier alpha value is -10.9. The maximum absolute atomic E-state index is 10.6.